The molecule has 0 amide bonds. The van der Waals surface area contributed by atoms with Gasteiger partial charge in [0.1, 0.15) is 17.9 Å². The zero-order valence-electron chi connectivity index (χ0n) is 15.9. The van der Waals surface area contributed by atoms with Crippen molar-refractivity contribution in [2.45, 2.75) is 26.9 Å². The van der Waals surface area contributed by atoms with Gasteiger partial charge in [0, 0.05) is 28.7 Å². The summed E-state index contributed by atoms with van der Waals surface area (Å²) in [6.07, 6.45) is 3.84. The van der Waals surface area contributed by atoms with Gasteiger partial charge in [-0.15, -0.1) is 0 Å². The number of fused-ring (bicyclic) bond motifs is 1. The average Bonchev–Trinajstić information content (AvgIpc) is 2.71. The predicted molar refractivity (Wildman–Crippen MR) is 108 cm³/mol. The van der Waals surface area contributed by atoms with Crippen LogP contribution in [0.15, 0.2) is 63.8 Å². The van der Waals surface area contributed by atoms with Crippen molar-refractivity contribution in [2.24, 2.45) is 0 Å². The molecule has 5 nitrogen and oxygen atoms in total. The highest BCUT2D eigenvalue weighted by Gasteiger charge is 2.09. The van der Waals surface area contributed by atoms with E-state index in [1.807, 2.05) is 56.3 Å². The van der Waals surface area contributed by atoms with E-state index in [9.17, 15) is 9.59 Å². The Morgan fingerprint density at radius 2 is 1.93 bits per heavy atom. The fourth-order valence-electron chi connectivity index (χ4n) is 2.87. The van der Waals surface area contributed by atoms with Gasteiger partial charge in [-0.1, -0.05) is 37.3 Å². The van der Waals surface area contributed by atoms with Gasteiger partial charge in [0.25, 0.3) is 0 Å². The second-order valence-corrected chi connectivity index (χ2v) is 6.19. The van der Waals surface area contributed by atoms with E-state index in [1.165, 1.54) is 12.1 Å². The number of aryl methyl sites for hydroxylation is 1. The lowest BCUT2D eigenvalue weighted by molar-refractivity contribution is -0.138. The minimum atomic E-state index is -0.502. The first-order chi connectivity index (χ1) is 13.6. The van der Waals surface area contributed by atoms with Gasteiger partial charge in [-0.05, 0) is 37.1 Å². The van der Waals surface area contributed by atoms with E-state index in [2.05, 4.69) is 0 Å². The number of para-hydroxylation sites is 1. The van der Waals surface area contributed by atoms with Crippen LogP contribution < -0.4 is 10.4 Å². The molecule has 3 aromatic rings. The van der Waals surface area contributed by atoms with Crippen molar-refractivity contribution in [3.63, 3.8) is 0 Å². The molecule has 0 aliphatic carbocycles. The molecular formula is C23H22O5. The van der Waals surface area contributed by atoms with Crippen molar-refractivity contribution < 1.29 is 18.7 Å². The molecule has 5 heteroatoms. The molecule has 0 saturated heterocycles. The zero-order chi connectivity index (χ0) is 19.9. The van der Waals surface area contributed by atoms with Crippen LogP contribution in [-0.4, -0.2) is 12.6 Å². The topological polar surface area (TPSA) is 65.7 Å². The summed E-state index contributed by atoms with van der Waals surface area (Å²) in [4.78, 5) is 24.0. The summed E-state index contributed by atoms with van der Waals surface area (Å²) < 4.78 is 16.1. The van der Waals surface area contributed by atoms with Crippen LogP contribution in [-0.2, 0) is 22.6 Å². The first-order valence-electron chi connectivity index (χ1n) is 9.23. The Labute approximate surface area is 163 Å². The smallest absolute Gasteiger partial charge is 0.336 e. The van der Waals surface area contributed by atoms with E-state index < -0.39 is 11.6 Å². The number of esters is 1. The normalized spacial score (nSPS) is 11.1. The van der Waals surface area contributed by atoms with Crippen molar-refractivity contribution in [3.05, 3.63) is 81.7 Å². The molecule has 1 heterocycles. The van der Waals surface area contributed by atoms with Crippen LogP contribution in [0.25, 0.3) is 17.0 Å². The molecule has 3 rings (SSSR count). The molecule has 0 fully saturated rings. The van der Waals surface area contributed by atoms with Crippen molar-refractivity contribution in [1.29, 1.82) is 0 Å². The Morgan fingerprint density at radius 3 is 2.71 bits per heavy atom. The SMILES string of the molecule is CCOc1ccccc1/C=C/C(=O)OCc1cc(=O)oc2cc(CC)ccc12. The predicted octanol–water partition coefficient (Wildman–Crippen LogP) is 4.51. The Morgan fingerprint density at radius 1 is 1.11 bits per heavy atom. The first-order valence-corrected chi connectivity index (χ1v) is 9.23. The maximum absolute atomic E-state index is 12.1. The minimum absolute atomic E-state index is 0.0101. The molecule has 144 valence electrons. The summed E-state index contributed by atoms with van der Waals surface area (Å²) in [5.74, 6) is 0.199. The van der Waals surface area contributed by atoms with Crippen molar-refractivity contribution in [1.82, 2.24) is 0 Å². The highest BCUT2D eigenvalue weighted by molar-refractivity contribution is 5.88. The maximum Gasteiger partial charge on any atom is 0.336 e. The molecule has 0 saturated carbocycles. The van der Waals surface area contributed by atoms with Gasteiger partial charge in [-0.2, -0.15) is 0 Å². The standard InChI is InChI=1S/C23H22O5/c1-3-16-9-11-19-18(14-23(25)28-21(19)13-16)15-27-22(24)12-10-17-7-5-6-8-20(17)26-4-2/h5-14H,3-4,15H2,1-2H3/b12-10+. The summed E-state index contributed by atoms with van der Waals surface area (Å²) in [5, 5.41) is 0.760. The van der Waals surface area contributed by atoms with Gasteiger partial charge in [0.05, 0.1) is 6.61 Å². The fourth-order valence-corrected chi connectivity index (χ4v) is 2.87. The molecule has 0 atom stereocenters. The van der Waals surface area contributed by atoms with Gasteiger partial charge in [-0.3, -0.25) is 0 Å². The lowest BCUT2D eigenvalue weighted by Gasteiger charge is -2.07. The summed E-state index contributed by atoms with van der Waals surface area (Å²) in [6, 6.07) is 14.5. The van der Waals surface area contributed by atoms with Crippen LogP contribution in [0.5, 0.6) is 5.75 Å². The van der Waals surface area contributed by atoms with Crippen molar-refractivity contribution in [2.75, 3.05) is 6.61 Å². The molecule has 0 aliphatic rings. The van der Waals surface area contributed by atoms with Gasteiger partial charge in [0.15, 0.2) is 0 Å². The van der Waals surface area contributed by atoms with Crippen molar-refractivity contribution in [3.8, 4) is 5.75 Å². The zero-order valence-corrected chi connectivity index (χ0v) is 15.9. The van der Waals surface area contributed by atoms with Crippen molar-refractivity contribution >= 4 is 23.0 Å². The van der Waals surface area contributed by atoms with Crippen LogP contribution in [0.1, 0.15) is 30.5 Å². The third-order valence-corrected chi connectivity index (χ3v) is 4.29. The fraction of sp³-hybridized carbons (Fsp3) is 0.217. The monoisotopic (exact) mass is 378 g/mol. The molecule has 0 bridgehead atoms. The van der Waals surface area contributed by atoms with Gasteiger partial charge in [0.2, 0.25) is 0 Å². The van der Waals surface area contributed by atoms with Crippen LogP contribution in [0.3, 0.4) is 0 Å². The van der Waals surface area contributed by atoms with E-state index in [0.717, 1.165) is 22.9 Å². The highest BCUT2D eigenvalue weighted by Crippen LogP contribution is 2.21. The molecule has 2 aromatic carbocycles. The molecule has 0 aliphatic heterocycles. The molecule has 0 unspecified atom stereocenters. The second kappa shape index (κ2) is 9.04. The number of hydrogen-bond acceptors (Lipinski definition) is 5. The van der Waals surface area contributed by atoms with Gasteiger partial charge >= 0.3 is 11.6 Å². The average molecular weight is 378 g/mol. The lowest BCUT2D eigenvalue weighted by atomic mass is 10.1. The number of benzene rings is 2. The number of ether oxygens (including phenoxy) is 2. The number of carbonyl (C=O) groups excluding carboxylic acids is 1. The maximum atomic E-state index is 12.1. The third-order valence-electron chi connectivity index (χ3n) is 4.29. The molecule has 0 spiro atoms. The van der Waals surface area contributed by atoms with E-state index in [-0.39, 0.29) is 6.61 Å². The number of carbonyl (C=O) groups is 1. The molecule has 0 radical (unpaired) electrons. The van der Waals surface area contributed by atoms with E-state index in [1.54, 1.807) is 6.08 Å². The number of hydrogen-bond donors (Lipinski definition) is 0. The van der Waals surface area contributed by atoms with Crippen LogP contribution >= 0.6 is 0 Å². The number of rotatable bonds is 7. The van der Waals surface area contributed by atoms with E-state index >= 15 is 0 Å². The van der Waals surface area contributed by atoms with Crippen LogP contribution in [0.4, 0.5) is 0 Å². The van der Waals surface area contributed by atoms with E-state index in [4.69, 9.17) is 13.9 Å². The summed E-state index contributed by atoms with van der Waals surface area (Å²) >= 11 is 0. The molecular weight excluding hydrogens is 356 g/mol. The Hall–Kier alpha value is -3.34. The largest absolute Gasteiger partial charge is 0.493 e. The third kappa shape index (κ3) is 4.68. The van der Waals surface area contributed by atoms with Gasteiger partial charge in [-0.25, -0.2) is 9.59 Å². The van der Waals surface area contributed by atoms with Gasteiger partial charge < -0.3 is 13.9 Å². The minimum Gasteiger partial charge on any atom is -0.493 e. The Kier molecular flexibility index (Phi) is 6.27. The van der Waals surface area contributed by atoms with Crippen LogP contribution in [0.2, 0.25) is 0 Å². The van der Waals surface area contributed by atoms with Crippen LogP contribution in [0, 0.1) is 0 Å². The molecule has 1 aromatic heterocycles. The lowest BCUT2D eigenvalue weighted by Crippen LogP contribution is -2.06. The summed E-state index contributed by atoms with van der Waals surface area (Å²) in [6.45, 7) is 4.46. The molecule has 28 heavy (non-hydrogen) atoms. The second-order valence-electron chi connectivity index (χ2n) is 6.19. The molecule has 0 N–H and O–H groups in total. The summed E-state index contributed by atoms with van der Waals surface area (Å²) in [7, 11) is 0. The highest BCUT2D eigenvalue weighted by atomic mass is 16.5. The quantitative estimate of drug-likeness (QED) is 0.344. The Balaban J connectivity index is 1.74. The first kappa shape index (κ1) is 19.4. The van der Waals surface area contributed by atoms with E-state index in [0.29, 0.717) is 23.5 Å². The Bertz CT molecular complexity index is 1060. The summed E-state index contributed by atoms with van der Waals surface area (Å²) in [5.41, 5.74) is 2.51.